The minimum Gasteiger partial charge on any atom is -0.421 e. The van der Waals surface area contributed by atoms with Gasteiger partial charge in [0.25, 0.3) is 0 Å². The van der Waals surface area contributed by atoms with Gasteiger partial charge in [0.1, 0.15) is 0 Å². The number of likely N-dealkylation sites (tertiary alicyclic amines) is 1. The van der Waals surface area contributed by atoms with Crippen molar-refractivity contribution in [1.29, 1.82) is 0 Å². The predicted octanol–water partition coefficient (Wildman–Crippen LogP) is 7.39. The third-order valence-corrected chi connectivity index (χ3v) is 9.53. The second kappa shape index (κ2) is 13.2. The molecule has 1 saturated heterocycles. The molecule has 3 aromatic carbocycles. The van der Waals surface area contributed by atoms with Gasteiger partial charge in [-0.2, -0.15) is 0 Å². The maximum atomic E-state index is 14.3. The summed E-state index contributed by atoms with van der Waals surface area (Å²) in [5, 5.41) is 0. The van der Waals surface area contributed by atoms with Gasteiger partial charge in [0.05, 0.1) is 13.2 Å². The molecule has 0 spiro atoms. The molecular formula is C31H39NO7P2. The van der Waals surface area contributed by atoms with E-state index >= 15 is 0 Å². The highest BCUT2D eigenvalue weighted by atomic mass is 31.2. The van der Waals surface area contributed by atoms with Crippen LogP contribution in [-0.4, -0.2) is 35.6 Å². The predicted molar refractivity (Wildman–Crippen MR) is 159 cm³/mol. The molecule has 2 aliphatic rings. The number of hydrogen-bond donors (Lipinski definition) is 1. The molecule has 1 heterocycles. The molecule has 10 heteroatoms. The van der Waals surface area contributed by atoms with Crippen LogP contribution in [0.3, 0.4) is 0 Å². The van der Waals surface area contributed by atoms with Crippen molar-refractivity contribution in [2.75, 3.05) is 19.8 Å². The van der Waals surface area contributed by atoms with Crippen LogP contribution >= 0.6 is 15.4 Å². The Morgan fingerprint density at radius 3 is 2.10 bits per heavy atom. The number of hydrogen-bond acceptors (Lipinski definition) is 7. The molecule has 220 valence electrons. The monoisotopic (exact) mass is 599 g/mol. The average Bonchev–Trinajstić information content (AvgIpc) is 2.96. The standard InChI is InChI=1S/C31H39NO7P2/c1-3-18-32-19-10-15-27-20-28-26(21-29(27)32)16-17-30(38-40(2,33)34)31(28)39-41(35,36-22-24-11-6-4-7-12-24)37-23-25-13-8-5-9-14-25/h4-9,11-14,16-17,27,29H,3,10,15,18-23H2,1-2H3,(H,33,34)/t27-,29-/m1/s1. The third kappa shape index (κ3) is 7.90. The van der Waals surface area contributed by atoms with E-state index < -0.39 is 15.4 Å². The fourth-order valence-corrected chi connectivity index (χ4v) is 7.60. The molecule has 1 unspecified atom stereocenters. The number of phosphoric acid groups is 1. The molecule has 8 nitrogen and oxygen atoms in total. The quantitative estimate of drug-likeness (QED) is 0.216. The van der Waals surface area contributed by atoms with E-state index in [0.29, 0.717) is 18.4 Å². The number of fused-ring (bicyclic) bond motifs is 2. The molecule has 1 fully saturated rings. The lowest BCUT2D eigenvalue weighted by Crippen LogP contribution is -2.49. The Morgan fingerprint density at radius 1 is 0.878 bits per heavy atom. The lowest BCUT2D eigenvalue weighted by molar-refractivity contribution is 0.0846. The fourth-order valence-electron chi connectivity index (χ4n) is 5.87. The van der Waals surface area contributed by atoms with Crippen molar-refractivity contribution in [3.63, 3.8) is 0 Å². The van der Waals surface area contributed by atoms with Gasteiger partial charge in [0, 0.05) is 18.3 Å². The first kappa shape index (κ1) is 30.0. The summed E-state index contributed by atoms with van der Waals surface area (Å²) in [5.41, 5.74) is 3.50. The summed E-state index contributed by atoms with van der Waals surface area (Å²) < 4.78 is 50.2. The molecule has 1 aliphatic carbocycles. The van der Waals surface area contributed by atoms with Gasteiger partial charge in [-0.05, 0) is 73.9 Å². The van der Waals surface area contributed by atoms with Gasteiger partial charge in [-0.25, -0.2) is 9.13 Å². The third-order valence-electron chi connectivity index (χ3n) is 7.70. The van der Waals surface area contributed by atoms with Crippen molar-refractivity contribution in [3.05, 3.63) is 95.1 Å². The van der Waals surface area contributed by atoms with Crippen LogP contribution in [0.4, 0.5) is 0 Å². The largest absolute Gasteiger partial charge is 0.530 e. The number of nitrogens with zero attached hydrogens (tertiary/aromatic N) is 1. The van der Waals surface area contributed by atoms with Crippen molar-refractivity contribution in [2.24, 2.45) is 5.92 Å². The second-order valence-electron chi connectivity index (χ2n) is 10.9. The highest BCUT2D eigenvalue weighted by molar-refractivity contribution is 7.52. The molecule has 0 saturated carbocycles. The first-order valence-electron chi connectivity index (χ1n) is 14.3. The minimum atomic E-state index is -4.23. The van der Waals surface area contributed by atoms with Gasteiger partial charge in [-0.15, -0.1) is 0 Å². The number of phosphoric ester groups is 1. The van der Waals surface area contributed by atoms with Crippen molar-refractivity contribution in [2.45, 2.75) is 58.3 Å². The van der Waals surface area contributed by atoms with Crippen LogP contribution in [0.25, 0.3) is 0 Å². The molecule has 41 heavy (non-hydrogen) atoms. The van der Waals surface area contributed by atoms with E-state index in [2.05, 4.69) is 11.8 Å². The zero-order chi connectivity index (χ0) is 28.9. The van der Waals surface area contributed by atoms with Gasteiger partial charge >= 0.3 is 15.4 Å². The summed E-state index contributed by atoms with van der Waals surface area (Å²) in [6.45, 7) is 5.47. The SMILES string of the molecule is CCCN1CCC[C@@H]2Cc3c(ccc(OP(C)(=O)O)c3OP(=O)(OCc3ccccc3)OCc3ccccc3)C[C@H]21. The van der Waals surface area contributed by atoms with E-state index in [4.69, 9.17) is 18.1 Å². The molecule has 5 rings (SSSR count). The molecule has 0 radical (unpaired) electrons. The second-order valence-corrected chi connectivity index (χ2v) is 14.3. The van der Waals surface area contributed by atoms with E-state index in [1.807, 2.05) is 66.7 Å². The van der Waals surface area contributed by atoms with Gasteiger partial charge in [0.15, 0.2) is 11.5 Å². The summed E-state index contributed by atoms with van der Waals surface area (Å²) in [7, 11) is -8.18. The number of benzene rings is 3. The molecule has 0 amide bonds. The van der Waals surface area contributed by atoms with Crippen LogP contribution < -0.4 is 9.05 Å². The van der Waals surface area contributed by atoms with Crippen molar-refractivity contribution in [1.82, 2.24) is 4.90 Å². The molecule has 3 aromatic rings. The van der Waals surface area contributed by atoms with Gasteiger partial charge in [-0.3, -0.25) is 13.9 Å². The highest BCUT2D eigenvalue weighted by Gasteiger charge is 2.39. The summed E-state index contributed by atoms with van der Waals surface area (Å²) >= 11 is 0. The van der Waals surface area contributed by atoms with Crippen molar-refractivity contribution < 1.29 is 32.1 Å². The number of rotatable bonds is 12. The number of piperidine rings is 1. The first-order valence-corrected chi connectivity index (χ1v) is 17.8. The van der Waals surface area contributed by atoms with Crippen LogP contribution in [0.1, 0.15) is 48.4 Å². The smallest absolute Gasteiger partial charge is 0.421 e. The molecule has 3 atom stereocenters. The van der Waals surface area contributed by atoms with E-state index in [9.17, 15) is 14.0 Å². The zero-order valence-corrected chi connectivity index (χ0v) is 25.5. The average molecular weight is 600 g/mol. The minimum absolute atomic E-state index is 0.00106. The van der Waals surface area contributed by atoms with Crippen LogP contribution in [0, 0.1) is 5.92 Å². The summed E-state index contributed by atoms with van der Waals surface area (Å²) in [5.74, 6) is 0.607. The molecule has 0 bridgehead atoms. The Bertz CT molecular complexity index is 1350. The Labute approximate surface area is 242 Å². The first-order chi connectivity index (χ1) is 19.7. The van der Waals surface area contributed by atoms with Gasteiger partial charge in [0.2, 0.25) is 0 Å². The van der Waals surface area contributed by atoms with Crippen LogP contribution in [0.5, 0.6) is 11.5 Å². The van der Waals surface area contributed by atoms with E-state index in [1.165, 1.54) is 0 Å². The van der Waals surface area contributed by atoms with E-state index in [0.717, 1.165) is 67.7 Å². The summed E-state index contributed by atoms with van der Waals surface area (Å²) in [4.78, 5) is 12.7. The Hall–Kier alpha value is -2.44. The topological polar surface area (TPSA) is 94.5 Å². The summed E-state index contributed by atoms with van der Waals surface area (Å²) in [6.07, 6.45) is 4.79. The molecule has 1 aliphatic heterocycles. The Kier molecular flexibility index (Phi) is 9.70. The lowest BCUT2D eigenvalue weighted by Gasteiger charge is -2.45. The van der Waals surface area contributed by atoms with E-state index in [-0.39, 0.29) is 24.7 Å². The molecule has 1 N–H and O–H groups in total. The van der Waals surface area contributed by atoms with Crippen LogP contribution in [0.15, 0.2) is 72.8 Å². The Morgan fingerprint density at radius 2 is 1.51 bits per heavy atom. The zero-order valence-electron chi connectivity index (χ0n) is 23.7. The Balaban J connectivity index is 1.50. The van der Waals surface area contributed by atoms with E-state index in [1.54, 1.807) is 6.07 Å². The normalized spacial score (nSPS) is 20.5. The van der Waals surface area contributed by atoms with Gasteiger partial charge < -0.3 is 13.9 Å². The van der Waals surface area contributed by atoms with Crippen molar-refractivity contribution in [3.8, 4) is 11.5 Å². The lowest BCUT2D eigenvalue weighted by atomic mass is 9.75. The van der Waals surface area contributed by atoms with Gasteiger partial charge in [-0.1, -0.05) is 73.7 Å². The summed E-state index contributed by atoms with van der Waals surface area (Å²) in [6, 6.07) is 22.7. The fraction of sp³-hybridized carbons (Fsp3) is 0.419. The van der Waals surface area contributed by atoms with Crippen molar-refractivity contribution >= 4 is 15.4 Å². The maximum absolute atomic E-state index is 14.3. The highest BCUT2D eigenvalue weighted by Crippen LogP contribution is 2.57. The van der Waals surface area contributed by atoms with Crippen LogP contribution in [0.2, 0.25) is 0 Å². The maximum Gasteiger partial charge on any atom is 0.530 e. The molecular weight excluding hydrogens is 560 g/mol. The van der Waals surface area contributed by atoms with Crippen LogP contribution in [-0.2, 0) is 44.2 Å². The molecule has 0 aromatic heterocycles.